The summed E-state index contributed by atoms with van der Waals surface area (Å²) >= 11 is 0. The molecular weight excluding hydrogens is 110 g/mol. The van der Waals surface area contributed by atoms with Crippen LogP contribution in [0.5, 0.6) is 0 Å². The van der Waals surface area contributed by atoms with Gasteiger partial charge in [-0.15, -0.1) is 0 Å². The van der Waals surface area contributed by atoms with Crippen LogP contribution in [-0.2, 0) is 0 Å². The van der Waals surface area contributed by atoms with Crippen molar-refractivity contribution in [3.63, 3.8) is 0 Å². The van der Waals surface area contributed by atoms with Gasteiger partial charge < -0.3 is 5.32 Å². The molecule has 3 aliphatic rings. The second-order valence-electron chi connectivity index (χ2n) is 3.12. The third kappa shape index (κ3) is 1.11. The van der Waals surface area contributed by atoms with E-state index < -0.39 is 0 Å². The maximum Gasteiger partial charge on any atom is 0.00138 e. The van der Waals surface area contributed by atoms with E-state index in [9.17, 15) is 0 Å². The van der Waals surface area contributed by atoms with Gasteiger partial charge in [0.2, 0.25) is 0 Å². The van der Waals surface area contributed by atoms with E-state index in [1.165, 1.54) is 32.4 Å². The van der Waals surface area contributed by atoms with E-state index >= 15 is 0 Å². The highest BCUT2D eigenvalue weighted by atomic mass is 14.9. The zero-order valence-corrected chi connectivity index (χ0v) is 5.69. The topological polar surface area (TPSA) is 12.0 Å². The van der Waals surface area contributed by atoms with Crippen molar-refractivity contribution < 1.29 is 0 Å². The van der Waals surface area contributed by atoms with Gasteiger partial charge in [0.05, 0.1) is 0 Å². The van der Waals surface area contributed by atoms with Crippen LogP contribution >= 0.6 is 0 Å². The van der Waals surface area contributed by atoms with Crippen molar-refractivity contribution in [3.05, 3.63) is 12.3 Å². The molecule has 1 heteroatoms. The first-order valence-corrected chi connectivity index (χ1v) is 3.83. The van der Waals surface area contributed by atoms with E-state index in [1.54, 1.807) is 5.92 Å². The normalized spacial score (nSPS) is 30.7. The first-order valence-electron chi connectivity index (χ1n) is 3.83. The maximum atomic E-state index is 3.44. The van der Waals surface area contributed by atoms with E-state index in [-0.39, 0.29) is 0 Å². The predicted molar refractivity (Wildman–Crippen MR) is 37.8 cm³/mol. The number of rotatable bonds is 0. The third-order valence-electron chi connectivity index (χ3n) is 2.39. The molecule has 0 aromatic carbocycles. The van der Waals surface area contributed by atoms with Gasteiger partial charge in [-0.25, -0.2) is 0 Å². The lowest BCUT2D eigenvalue weighted by Crippen LogP contribution is -2.18. The van der Waals surface area contributed by atoms with Crippen LogP contribution in [0, 0.1) is 18.3 Å². The summed E-state index contributed by atoms with van der Waals surface area (Å²) < 4.78 is 0. The van der Waals surface area contributed by atoms with E-state index in [2.05, 4.69) is 11.7 Å². The largest absolute Gasteiger partial charge is 0.316 e. The molecule has 2 bridgehead atoms. The van der Waals surface area contributed by atoms with Crippen LogP contribution in [0.2, 0.25) is 0 Å². The average molecular weight is 123 g/mol. The molecule has 0 aromatic rings. The Morgan fingerprint density at radius 3 is 3.33 bits per heavy atom. The van der Waals surface area contributed by atoms with E-state index in [0.717, 1.165) is 5.92 Å². The summed E-state index contributed by atoms with van der Waals surface area (Å²) in [5, 5.41) is 3.44. The summed E-state index contributed by atoms with van der Waals surface area (Å²) in [6.45, 7) is 2.41. The molecule has 0 amide bonds. The molecule has 0 spiro atoms. The summed E-state index contributed by atoms with van der Waals surface area (Å²) in [5.74, 6) is 2.60. The van der Waals surface area contributed by atoms with E-state index in [0.29, 0.717) is 0 Å². The van der Waals surface area contributed by atoms with Gasteiger partial charge in [0.15, 0.2) is 0 Å². The Hall–Kier alpha value is -0.0400. The molecule has 1 atom stereocenters. The molecule has 2 radical (unpaired) electrons. The standard InChI is InChI=1S/C8H13N/c1-2-8-4-3-7(1)5-9-6-8/h1,7,9H,2-6H2. The Bertz CT molecular complexity index is 75.2. The highest BCUT2D eigenvalue weighted by molar-refractivity contribution is 5.06. The molecule has 2 saturated heterocycles. The van der Waals surface area contributed by atoms with Gasteiger partial charge in [-0.1, -0.05) is 0 Å². The highest BCUT2D eigenvalue weighted by Crippen LogP contribution is 2.30. The van der Waals surface area contributed by atoms with Crippen LogP contribution in [-0.4, -0.2) is 13.1 Å². The molecule has 50 valence electrons. The van der Waals surface area contributed by atoms with Crippen LogP contribution in [0.1, 0.15) is 19.3 Å². The van der Waals surface area contributed by atoms with Gasteiger partial charge in [-0.2, -0.15) is 0 Å². The fourth-order valence-electron chi connectivity index (χ4n) is 1.72. The molecule has 3 rings (SSSR count). The monoisotopic (exact) mass is 123 g/mol. The Labute approximate surface area is 56.8 Å². The summed E-state index contributed by atoms with van der Waals surface area (Å²) in [7, 11) is 0. The van der Waals surface area contributed by atoms with Crippen molar-refractivity contribution in [2.45, 2.75) is 19.3 Å². The Morgan fingerprint density at radius 2 is 2.56 bits per heavy atom. The van der Waals surface area contributed by atoms with Crippen molar-refractivity contribution in [1.29, 1.82) is 0 Å². The molecule has 1 aliphatic carbocycles. The van der Waals surface area contributed by atoms with Gasteiger partial charge in [0.25, 0.3) is 0 Å². The SMILES string of the molecule is [CH]1C[C]2CCC1CNC2. The molecule has 1 unspecified atom stereocenters. The second kappa shape index (κ2) is 2.30. The lowest BCUT2D eigenvalue weighted by atomic mass is 9.84. The van der Waals surface area contributed by atoms with Crippen LogP contribution in [0.15, 0.2) is 0 Å². The molecule has 0 aromatic heterocycles. The molecule has 3 fully saturated rings. The summed E-state index contributed by atoms with van der Waals surface area (Å²) in [6, 6.07) is 0. The second-order valence-corrected chi connectivity index (χ2v) is 3.12. The van der Waals surface area contributed by atoms with Crippen molar-refractivity contribution >= 4 is 0 Å². The number of nitrogens with one attached hydrogen (secondary N) is 1. The highest BCUT2D eigenvalue weighted by Gasteiger charge is 2.24. The van der Waals surface area contributed by atoms with E-state index in [1.807, 2.05) is 0 Å². The fourth-order valence-corrected chi connectivity index (χ4v) is 1.72. The van der Waals surface area contributed by atoms with Gasteiger partial charge in [-0.3, -0.25) is 0 Å². The van der Waals surface area contributed by atoms with Gasteiger partial charge >= 0.3 is 0 Å². The summed E-state index contributed by atoms with van der Waals surface area (Å²) in [5.41, 5.74) is 0. The number of hydrogen-bond acceptors (Lipinski definition) is 1. The lowest BCUT2D eigenvalue weighted by Gasteiger charge is -2.20. The van der Waals surface area contributed by atoms with Crippen LogP contribution < -0.4 is 5.32 Å². The van der Waals surface area contributed by atoms with Gasteiger partial charge in [0.1, 0.15) is 0 Å². The zero-order valence-electron chi connectivity index (χ0n) is 5.69. The lowest BCUT2D eigenvalue weighted by molar-refractivity contribution is 0.504. The minimum absolute atomic E-state index is 0.885. The van der Waals surface area contributed by atoms with Crippen molar-refractivity contribution in [2.75, 3.05) is 13.1 Å². The van der Waals surface area contributed by atoms with Crippen molar-refractivity contribution in [2.24, 2.45) is 5.92 Å². The predicted octanol–water partition coefficient (Wildman–Crippen LogP) is 1.17. The van der Waals surface area contributed by atoms with Crippen LogP contribution in [0.3, 0.4) is 0 Å². The van der Waals surface area contributed by atoms with E-state index in [4.69, 9.17) is 0 Å². The molecule has 1 saturated carbocycles. The van der Waals surface area contributed by atoms with Crippen LogP contribution in [0.25, 0.3) is 0 Å². The molecule has 2 heterocycles. The number of hydrogen-bond donors (Lipinski definition) is 1. The molecular formula is C8H13N. The average Bonchev–Trinajstić information content (AvgIpc) is 2.21. The Kier molecular flexibility index (Phi) is 1.46. The Balaban J connectivity index is 2.03. The molecule has 2 aliphatic heterocycles. The Morgan fingerprint density at radius 1 is 1.56 bits per heavy atom. The quantitative estimate of drug-likeness (QED) is 0.510. The summed E-state index contributed by atoms with van der Waals surface area (Å²) in [6.07, 6.45) is 6.55. The zero-order chi connectivity index (χ0) is 6.10. The molecule has 1 N–H and O–H groups in total. The number of fused-ring (bicyclic) bond motifs is 4. The molecule has 1 nitrogen and oxygen atoms in total. The summed E-state index contributed by atoms with van der Waals surface area (Å²) in [4.78, 5) is 0. The minimum atomic E-state index is 0.885. The third-order valence-corrected chi connectivity index (χ3v) is 2.39. The first kappa shape index (κ1) is 5.72. The van der Waals surface area contributed by atoms with Crippen molar-refractivity contribution in [1.82, 2.24) is 5.32 Å². The fraction of sp³-hybridized carbons (Fsp3) is 0.750. The molecule has 9 heavy (non-hydrogen) atoms. The van der Waals surface area contributed by atoms with Crippen molar-refractivity contribution in [3.8, 4) is 0 Å². The van der Waals surface area contributed by atoms with Gasteiger partial charge in [-0.05, 0) is 44.1 Å². The van der Waals surface area contributed by atoms with Gasteiger partial charge in [0, 0.05) is 6.54 Å². The minimum Gasteiger partial charge on any atom is -0.316 e. The smallest absolute Gasteiger partial charge is 0.00138 e. The first-order chi connectivity index (χ1) is 4.45. The van der Waals surface area contributed by atoms with Crippen LogP contribution in [0.4, 0.5) is 0 Å². The maximum absolute atomic E-state index is 3.44.